The van der Waals surface area contributed by atoms with E-state index in [2.05, 4.69) is 24.5 Å². The maximum atomic E-state index is 11.8. The largest absolute Gasteiger partial charge is 0.383 e. The van der Waals surface area contributed by atoms with E-state index < -0.39 is 0 Å². The van der Waals surface area contributed by atoms with Crippen molar-refractivity contribution in [1.82, 2.24) is 0 Å². The monoisotopic (exact) mass is 248 g/mol. The molecule has 0 saturated carbocycles. The molecule has 1 rings (SSSR count). The molecule has 0 radical (unpaired) electrons. The molecule has 100 valence electrons. The topological polar surface area (TPSA) is 41.1 Å². The number of hydrogen-bond donors (Lipinski definition) is 2. The highest BCUT2D eigenvalue weighted by molar-refractivity contribution is 5.94. The van der Waals surface area contributed by atoms with Gasteiger partial charge in [-0.3, -0.25) is 4.79 Å². The van der Waals surface area contributed by atoms with Crippen LogP contribution < -0.4 is 10.6 Å². The van der Waals surface area contributed by atoms with Crippen molar-refractivity contribution < 1.29 is 4.79 Å². The average molecular weight is 248 g/mol. The fourth-order valence-corrected chi connectivity index (χ4v) is 1.35. The van der Waals surface area contributed by atoms with Gasteiger partial charge in [0.2, 0.25) is 5.91 Å². The first kappa shape index (κ1) is 14.6. The molecule has 1 unspecified atom stereocenters. The van der Waals surface area contributed by atoms with Crippen molar-refractivity contribution in [2.75, 3.05) is 10.6 Å². The maximum absolute atomic E-state index is 11.8. The lowest BCUT2D eigenvalue weighted by Gasteiger charge is -2.18. The number of anilines is 2. The predicted octanol–water partition coefficient (Wildman–Crippen LogP) is 3.88. The smallest absolute Gasteiger partial charge is 0.229 e. The van der Waals surface area contributed by atoms with Crippen molar-refractivity contribution in [1.29, 1.82) is 0 Å². The summed E-state index contributed by atoms with van der Waals surface area (Å²) in [6, 6.07) is 8.29. The first-order valence-corrected chi connectivity index (χ1v) is 6.51. The van der Waals surface area contributed by atoms with Gasteiger partial charge in [-0.2, -0.15) is 0 Å². The van der Waals surface area contributed by atoms with Crippen LogP contribution in [0.5, 0.6) is 0 Å². The molecule has 0 spiro atoms. The third-order valence-corrected chi connectivity index (χ3v) is 2.85. The fourth-order valence-electron chi connectivity index (χ4n) is 1.35. The Morgan fingerprint density at radius 3 is 2.11 bits per heavy atom. The molecule has 0 heterocycles. The van der Waals surface area contributed by atoms with Crippen LogP contribution in [0.4, 0.5) is 11.4 Å². The third-order valence-electron chi connectivity index (χ3n) is 2.85. The van der Waals surface area contributed by atoms with Gasteiger partial charge in [0.1, 0.15) is 0 Å². The molecular formula is C15H24N2O. The van der Waals surface area contributed by atoms with Crippen molar-refractivity contribution in [3.05, 3.63) is 24.3 Å². The van der Waals surface area contributed by atoms with Crippen molar-refractivity contribution >= 4 is 17.3 Å². The molecule has 3 heteroatoms. The van der Waals surface area contributed by atoms with Crippen LogP contribution in [0.25, 0.3) is 0 Å². The third kappa shape index (κ3) is 4.40. The van der Waals surface area contributed by atoms with E-state index in [0.717, 1.165) is 17.8 Å². The number of rotatable bonds is 4. The zero-order valence-electron chi connectivity index (χ0n) is 12.0. The van der Waals surface area contributed by atoms with Gasteiger partial charge in [0.25, 0.3) is 0 Å². The van der Waals surface area contributed by atoms with E-state index >= 15 is 0 Å². The molecule has 2 N–H and O–H groups in total. The van der Waals surface area contributed by atoms with Gasteiger partial charge in [-0.05, 0) is 37.6 Å². The second kappa shape index (κ2) is 5.89. The molecule has 0 bridgehead atoms. The molecule has 1 aromatic rings. The number of carbonyl (C=O) groups excluding carboxylic acids is 1. The van der Waals surface area contributed by atoms with Crippen LogP contribution in [0.1, 0.15) is 41.0 Å². The van der Waals surface area contributed by atoms with Gasteiger partial charge in [-0.1, -0.05) is 27.7 Å². The average Bonchev–Trinajstić information content (AvgIpc) is 2.30. The van der Waals surface area contributed by atoms with Gasteiger partial charge in [0.05, 0.1) is 0 Å². The minimum absolute atomic E-state index is 0.0325. The predicted molar refractivity (Wildman–Crippen MR) is 77.9 cm³/mol. The highest BCUT2D eigenvalue weighted by Crippen LogP contribution is 2.19. The van der Waals surface area contributed by atoms with Crippen molar-refractivity contribution in [2.24, 2.45) is 5.41 Å². The molecule has 1 aromatic carbocycles. The number of nitrogens with one attached hydrogen (secondary N) is 2. The number of benzene rings is 1. The second-order valence-corrected chi connectivity index (χ2v) is 5.74. The highest BCUT2D eigenvalue weighted by atomic mass is 16.2. The summed E-state index contributed by atoms with van der Waals surface area (Å²) in [6.07, 6.45) is 1.09. The van der Waals surface area contributed by atoms with Crippen LogP contribution in [0.3, 0.4) is 0 Å². The summed E-state index contributed by atoms with van der Waals surface area (Å²) < 4.78 is 0. The molecule has 0 aromatic heterocycles. The van der Waals surface area contributed by atoms with E-state index in [0.29, 0.717) is 6.04 Å². The van der Waals surface area contributed by atoms with Gasteiger partial charge in [-0.15, -0.1) is 0 Å². The summed E-state index contributed by atoms with van der Waals surface area (Å²) in [4.78, 5) is 11.8. The Kier molecular flexibility index (Phi) is 4.76. The Hall–Kier alpha value is -1.51. The Morgan fingerprint density at radius 2 is 1.67 bits per heavy atom. The van der Waals surface area contributed by atoms with E-state index in [9.17, 15) is 4.79 Å². The van der Waals surface area contributed by atoms with Gasteiger partial charge in [0, 0.05) is 22.8 Å². The fraction of sp³-hybridized carbons (Fsp3) is 0.533. The first-order valence-electron chi connectivity index (χ1n) is 6.51. The Bertz CT molecular complexity index is 390. The Labute approximate surface area is 110 Å². The molecule has 1 atom stereocenters. The first-order chi connectivity index (χ1) is 8.32. The molecule has 0 fully saturated rings. The van der Waals surface area contributed by atoms with E-state index in [1.165, 1.54) is 0 Å². The zero-order chi connectivity index (χ0) is 13.8. The number of carbonyl (C=O) groups is 1. The molecule has 18 heavy (non-hydrogen) atoms. The van der Waals surface area contributed by atoms with Crippen LogP contribution in [-0.2, 0) is 4.79 Å². The lowest BCUT2D eigenvalue weighted by atomic mass is 9.95. The molecule has 3 nitrogen and oxygen atoms in total. The van der Waals surface area contributed by atoms with Crippen LogP contribution in [0.15, 0.2) is 24.3 Å². The summed E-state index contributed by atoms with van der Waals surface area (Å²) in [5.74, 6) is 0.0325. The summed E-state index contributed by atoms with van der Waals surface area (Å²) >= 11 is 0. The summed E-state index contributed by atoms with van der Waals surface area (Å²) in [5.41, 5.74) is 1.55. The van der Waals surface area contributed by atoms with Gasteiger partial charge in [0.15, 0.2) is 0 Å². The Morgan fingerprint density at radius 1 is 1.17 bits per heavy atom. The zero-order valence-corrected chi connectivity index (χ0v) is 12.0. The SMILES string of the molecule is CCC(C)Nc1ccc(NC(=O)C(C)(C)C)cc1. The number of hydrogen-bond acceptors (Lipinski definition) is 2. The normalized spacial score (nSPS) is 12.9. The molecule has 0 aliphatic carbocycles. The van der Waals surface area contributed by atoms with E-state index in [1.807, 2.05) is 45.0 Å². The Balaban J connectivity index is 2.63. The van der Waals surface area contributed by atoms with Crippen molar-refractivity contribution in [3.8, 4) is 0 Å². The van der Waals surface area contributed by atoms with E-state index in [1.54, 1.807) is 0 Å². The summed E-state index contributed by atoms with van der Waals surface area (Å²) in [6.45, 7) is 10.0. The van der Waals surface area contributed by atoms with Crippen LogP contribution in [0.2, 0.25) is 0 Å². The quantitative estimate of drug-likeness (QED) is 0.849. The van der Waals surface area contributed by atoms with Crippen LogP contribution >= 0.6 is 0 Å². The molecule has 0 saturated heterocycles. The van der Waals surface area contributed by atoms with Gasteiger partial charge < -0.3 is 10.6 Å². The minimum Gasteiger partial charge on any atom is -0.383 e. The van der Waals surface area contributed by atoms with Crippen LogP contribution in [0, 0.1) is 5.41 Å². The molecule has 1 amide bonds. The second-order valence-electron chi connectivity index (χ2n) is 5.74. The molecule has 0 aliphatic heterocycles. The van der Waals surface area contributed by atoms with E-state index in [-0.39, 0.29) is 11.3 Å². The molecule has 0 aliphatic rings. The van der Waals surface area contributed by atoms with Crippen LogP contribution in [-0.4, -0.2) is 11.9 Å². The van der Waals surface area contributed by atoms with Gasteiger partial charge >= 0.3 is 0 Å². The standard InChI is InChI=1S/C15H24N2O/c1-6-11(2)16-12-7-9-13(10-8-12)17-14(18)15(3,4)5/h7-11,16H,6H2,1-5H3,(H,17,18). The lowest BCUT2D eigenvalue weighted by Crippen LogP contribution is -2.27. The number of amides is 1. The van der Waals surface area contributed by atoms with Gasteiger partial charge in [-0.25, -0.2) is 0 Å². The van der Waals surface area contributed by atoms with Crippen molar-refractivity contribution in [2.45, 2.75) is 47.1 Å². The van der Waals surface area contributed by atoms with E-state index in [4.69, 9.17) is 0 Å². The van der Waals surface area contributed by atoms with Crippen molar-refractivity contribution in [3.63, 3.8) is 0 Å². The summed E-state index contributed by atoms with van der Waals surface area (Å²) in [7, 11) is 0. The minimum atomic E-state index is -0.367. The highest BCUT2D eigenvalue weighted by Gasteiger charge is 2.20. The maximum Gasteiger partial charge on any atom is 0.229 e. The lowest BCUT2D eigenvalue weighted by molar-refractivity contribution is -0.123. The summed E-state index contributed by atoms with van der Waals surface area (Å²) in [5, 5.41) is 6.30. The molecular weight excluding hydrogens is 224 g/mol.